The smallest absolute Gasteiger partial charge is 0.160 e. The van der Waals surface area contributed by atoms with Crippen LogP contribution >= 0.6 is 11.3 Å². The average Bonchev–Trinajstić information content (AvgIpc) is 3.86. The van der Waals surface area contributed by atoms with Gasteiger partial charge in [-0.2, -0.15) is 0 Å². The summed E-state index contributed by atoms with van der Waals surface area (Å²) in [5.74, 6) is 1.62. The van der Waals surface area contributed by atoms with E-state index in [0.29, 0.717) is 0 Å². The second-order valence-electron chi connectivity index (χ2n) is 13.4. The van der Waals surface area contributed by atoms with Gasteiger partial charge in [0, 0.05) is 71.6 Å². The van der Waals surface area contributed by atoms with Crippen LogP contribution < -0.4 is 0 Å². The molecule has 0 N–H and O–H groups in total. The zero-order valence-corrected chi connectivity index (χ0v) is 29.0. The van der Waals surface area contributed by atoms with E-state index in [1.54, 1.807) is 11.3 Å². The number of hydrogen-bond donors (Lipinski definition) is 0. The molecule has 0 saturated carbocycles. The zero-order valence-electron chi connectivity index (χ0n) is 28.2. The highest BCUT2D eigenvalue weighted by atomic mass is 32.1. The number of aromatic nitrogens is 1. The molecule has 3 aromatic heterocycles. The number of nitrogens with zero attached hydrogens (tertiary/aromatic N) is 4. The maximum Gasteiger partial charge on any atom is 0.160 e. The number of fused-ring (bicyclic) bond motifs is 9. The third-order valence-electron chi connectivity index (χ3n) is 10.4. The van der Waals surface area contributed by atoms with Gasteiger partial charge in [0.15, 0.2) is 5.84 Å². The number of rotatable bonds is 4. The van der Waals surface area contributed by atoms with E-state index < -0.39 is 0 Å². The Morgan fingerprint density at radius 1 is 0.577 bits per heavy atom. The van der Waals surface area contributed by atoms with Gasteiger partial charge >= 0.3 is 0 Å². The minimum absolute atomic E-state index is 0.244. The Morgan fingerprint density at radius 3 is 2.13 bits per heavy atom. The van der Waals surface area contributed by atoms with Gasteiger partial charge in [-0.25, -0.2) is 9.98 Å². The predicted octanol–water partition coefficient (Wildman–Crippen LogP) is 11.9. The number of benzene rings is 7. The number of aliphatic imine (C=N–C) groups is 2. The topological polar surface area (TPSA) is 46.0 Å². The van der Waals surface area contributed by atoms with Crippen molar-refractivity contribution in [2.24, 2.45) is 9.98 Å². The van der Waals surface area contributed by atoms with Crippen LogP contribution in [0.15, 0.2) is 172 Å². The van der Waals surface area contributed by atoms with Gasteiger partial charge in [0.2, 0.25) is 0 Å². The van der Waals surface area contributed by atoms with E-state index in [2.05, 4.69) is 156 Å². The van der Waals surface area contributed by atoms with Crippen LogP contribution in [0.4, 0.5) is 0 Å². The molecule has 0 aliphatic carbocycles. The quantitative estimate of drug-likeness (QED) is 0.185. The largest absolute Gasteiger partial charge is 0.456 e. The van der Waals surface area contributed by atoms with Crippen LogP contribution in [-0.2, 0) is 0 Å². The Bertz CT molecular complexity index is 3100. The van der Waals surface area contributed by atoms with Crippen molar-refractivity contribution in [1.82, 2.24) is 9.47 Å². The minimum Gasteiger partial charge on any atom is -0.456 e. The van der Waals surface area contributed by atoms with Crippen LogP contribution in [0.3, 0.4) is 0 Å². The lowest BCUT2D eigenvalue weighted by molar-refractivity contribution is 0.383. The molecule has 1 unspecified atom stereocenters. The molecule has 1 atom stereocenters. The number of furan rings is 1. The number of thiophene rings is 1. The first-order valence-electron chi connectivity index (χ1n) is 17.5. The fourth-order valence-corrected chi connectivity index (χ4v) is 9.20. The van der Waals surface area contributed by atoms with Crippen LogP contribution in [0.25, 0.3) is 69.6 Å². The van der Waals surface area contributed by atoms with Gasteiger partial charge in [0.25, 0.3) is 0 Å². The molecular weight excluding hydrogens is 657 g/mol. The lowest BCUT2D eigenvalue weighted by Crippen LogP contribution is -2.35. The summed E-state index contributed by atoms with van der Waals surface area (Å²) in [6.45, 7) is 0. The van der Waals surface area contributed by atoms with Crippen molar-refractivity contribution in [3.63, 3.8) is 0 Å². The van der Waals surface area contributed by atoms with Crippen LogP contribution in [-0.4, -0.2) is 28.2 Å². The first-order chi connectivity index (χ1) is 25.7. The van der Waals surface area contributed by atoms with Crippen molar-refractivity contribution in [2.75, 3.05) is 7.05 Å². The molecule has 0 fully saturated rings. The summed E-state index contributed by atoms with van der Waals surface area (Å²) in [4.78, 5) is 13.0. The molecular formula is C46H30N4OS. The summed E-state index contributed by atoms with van der Waals surface area (Å²) in [6, 6.07) is 55.8. The van der Waals surface area contributed by atoms with Gasteiger partial charge in [-0.1, -0.05) is 115 Å². The molecule has 0 amide bonds. The average molecular weight is 687 g/mol. The summed E-state index contributed by atoms with van der Waals surface area (Å²) >= 11 is 1.81. The highest BCUT2D eigenvalue weighted by Gasteiger charge is 2.28. The second-order valence-corrected chi connectivity index (χ2v) is 14.5. The van der Waals surface area contributed by atoms with Gasteiger partial charge in [-0.05, 0) is 42.0 Å². The van der Waals surface area contributed by atoms with Gasteiger partial charge in [-0.3, -0.25) is 0 Å². The summed E-state index contributed by atoms with van der Waals surface area (Å²) in [7, 11) is 2.09. The zero-order chi connectivity index (χ0) is 34.3. The lowest BCUT2D eigenvalue weighted by Gasteiger charge is -2.32. The molecule has 0 saturated heterocycles. The Morgan fingerprint density at radius 2 is 1.29 bits per heavy atom. The van der Waals surface area contributed by atoms with E-state index in [9.17, 15) is 0 Å². The van der Waals surface area contributed by atoms with Gasteiger partial charge in [-0.15, -0.1) is 11.3 Å². The Kier molecular flexibility index (Phi) is 6.33. The molecule has 246 valence electrons. The Hall–Kier alpha value is -6.50. The van der Waals surface area contributed by atoms with Crippen molar-refractivity contribution >= 4 is 86.9 Å². The molecule has 0 spiro atoms. The Balaban J connectivity index is 1.23. The van der Waals surface area contributed by atoms with Crippen molar-refractivity contribution in [1.29, 1.82) is 0 Å². The highest BCUT2D eigenvalue weighted by molar-refractivity contribution is 7.26. The highest BCUT2D eigenvalue weighted by Crippen LogP contribution is 2.43. The maximum atomic E-state index is 6.45. The molecule has 6 heteroatoms. The molecule has 52 heavy (non-hydrogen) atoms. The lowest BCUT2D eigenvalue weighted by atomic mass is 10.0. The van der Waals surface area contributed by atoms with E-state index in [-0.39, 0.29) is 6.17 Å². The van der Waals surface area contributed by atoms with Crippen molar-refractivity contribution < 1.29 is 4.42 Å². The Labute approximate surface area is 303 Å². The number of amidine groups is 2. The molecule has 10 aromatic rings. The summed E-state index contributed by atoms with van der Waals surface area (Å²) in [5.41, 5.74) is 8.26. The van der Waals surface area contributed by atoms with Crippen LogP contribution in [0.5, 0.6) is 0 Å². The molecule has 1 aliphatic heterocycles. The first-order valence-corrected chi connectivity index (χ1v) is 18.3. The molecule has 7 aromatic carbocycles. The molecule has 11 rings (SSSR count). The normalized spacial score (nSPS) is 15.0. The monoisotopic (exact) mass is 686 g/mol. The van der Waals surface area contributed by atoms with E-state index in [4.69, 9.17) is 14.4 Å². The molecule has 0 bridgehead atoms. The SMILES string of the molecule is CN1C(c2ccccc2)=NC(c2cc(-n3c4ccccc4c4cc5c(cc43)oc3ccccc35)cc3c2sc2ccccc23)=NC1c1ccccc1. The van der Waals surface area contributed by atoms with Crippen LogP contribution in [0.2, 0.25) is 0 Å². The van der Waals surface area contributed by atoms with Gasteiger partial charge in [0.1, 0.15) is 23.2 Å². The van der Waals surface area contributed by atoms with Crippen molar-refractivity contribution in [3.8, 4) is 5.69 Å². The van der Waals surface area contributed by atoms with E-state index in [0.717, 1.165) is 67.0 Å². The third kappa shape index (κ3) is 4.34. The minimum atomic E-state index is -0.244. The molecule has 4 heterocycles. The summed E-state index contributed by atoms with van der Waals surface area (Å²) in [5, 5.41) is 7.07. The van der Waals surface area contributed by atoms with Crippen LogP contribution in [0, 0.1) is 0 Å². The third-order valence-corrected chi connectivity index (χ3v) is 11.6. The van der Waals surface area contributed by atoms with Gasteiger partial charge in [0.05, 0.1) is 11.0 Å². The molecule has 1 aliphatic rings. The summed E-state index contributed by atoms with van der Waals surface area (Å²) in [6.07, 6.45) is -0.244. The predicted molar refractivity (Wildman–Crippen MR) is 217 cm³/mol. The van der Waals surface area contributed by atoms with Gasteiger partial charge < -0.3 is 13.9 Å². The van der Waals surface area contributed by atoms with E-state index in [1.165, 1.54) is 30.9 Å². The standard InChI is InChI=1S/C46H30N4OS/c1-49-45(28-14-4-2-5-15-28)47-44(48-46(49)29-16-6-3-7-17-29)37-25-30(24-36-33-20-10-13-23-42(33)52-43(36)37)50-38-21-11-8-18-31(38)34-26-35-32-19-9-12-22-40(32)51-41(35)27-39(34)50/h2-27,45H,1H3. The van der Waals surface area contributed by atoms with Crippen molar-refractivity contribution in [3.05, 3.63) is 174 Å². The molecule has 0 radical (unpaired) electrons. The fourth-order valence-electron chi connectivity index (χ4n) is 8.01. The number of para-hydroxylation sites is 2. The van der Waals surface area contributed by atoms with Crippen molar-refractivity contribution in [2.45, 2.75) is 6.17 Å². The maximum absolute atomic E-state index is 6.45. The van der Waals surface area contributed by atoms with Crippen LogP contribution in [0.1, 0.15) is 22.9 Å². The van der Waals surface area contributed by atoms with E-state index >= 15 is 0 Å². The number of hydrogen-bond acceptors (Lipinski definition) is 5. The summed E-state index contributed by atoms with van der Waals surface area (Å²) < 4.78 is 11.2. The fraction of sp³-hybridized carbons (Fsp3) is 0.0435. The van der Waals surface area contributed by atoms with E-state index in [1.807, 2.05) is 18.2 Å². The first kappa shape index (κ1) is 29.3. The second kappa shape index (κ2) is 11.3. The molecule has 5 nitrogen and oxygen atoms in total.